The molecule has 21 heavy (non-hydrogen) atoms. The molecule has 1 N–H and O–H groups in total. The molecule has 2 aromatic rings. The minimum Gasteiger partial charge on any atom is -0.496 e. The molecule has 1 aromatic heterocycles. The van der Waals surface area contributed by atoms with Crippen LogP contribution in [0.25, 0.3) is 0 Å². The van der Waals surface area contributed by atoms with Crippen LogP contribution >= 0.6 is 0 Å². The van der Waals surface area contributed by atoms with Gasteiger partial charge in [-0.2, -0.15) is 5.10 Å². The molecular weight excluding hydrogens is 266 g/mol. The molecule has 0 radical (unpaired) electrons. The van der Waals surface area contributed by atoms with E-state index in [-0.39, 0.29) is 11.4 Å². The molecule has 5 heteroatoms. The summed E-state index contributed by atoms with van der Waals surface area (Å²) in [7, 11) is 1.55. The maximum absolute atomic E-state index is 12.5. The number of nitrogens with zero attached hydrogens (tertiary/aromatic N) is 2. The second-order valence-electron chi connectivity index (χ2n) is 5.91. The fraction of sp³-hybridized carbons (Fsp3) is 0.375. The van der Waals surface area contributed by atoms with Gasteiger partial charge in [0.05, 0.1) is 23.9 Å². The van der Waals surface area contributed by atoms with E-state index in [1.165, 1.54) is 0 Å². The van der Waals surface area contributed by atoms with Crippen molar-refractivity contribution >= 4 is 11.7 Å². The molecule has 1 heterocycles. The third-order valence-electron chi connectivity index (χ3n) is 3.06. The van der Waals surface area contributed by atoms with Crippen molar-refractivity contribution in [1.29, 1.82) is 0 Å². The van der Waals surface area contributed by atoms with Crippen molar-refractivity contribution in [2.45, 2.75) is 33.2 Å². The van der Waals surface area contributed by atoms with Gasteiger partial charge in [-0.1, -0.05) is 12.1 Å². The Labute approximate surface area is 124 Å². The molecule has 0 bridgehead atoms. The van der Waals surface area contributed by atoms with Crippen LogP contribution in [-0.4, -0.2) is 22.8 Å². The zero-order valence-electron chi connectivity index (χ0n) is 13.1. The van der Waals surface area contributed by atoms with E-state index in [0.29, 0.717) is 17.1 Å². The van der Waals surface area contributed by atoms with Gasteiger partial charge in [-0.25, -0.2) is 4.68 Å². The molecule has 2 rings (SSSR count). The zero-order chi connectivity index (χ0) is 15.6. The summed E-state index contributed by atoms with van der Waals surface area (Å²) in [5, 5.41) is 7.35. The van der Waals surface area contributed by atoms with Crippen LogP contribution in [0.15, 0.2) is 30.3 Å². The minimum atomic E-state index is -0.211. The highest BCUT2D eigenvalue weighted by Gasteiger charge is 2.21. The normalized spacial score (nSPS) is 11.3. The number of aryl methyl sites for hydroxylation is 1. The summed E-state index contributed by atoms with van der Waals surface area (Å²) in [6.45, 7) is 8.02. The highest BCUT2D eigenvalue weighted by molar-refractivity contribution is 6.05. The third-order valence-corrected chi connectivity index (χ3v) is 3.06. The quantitative estimate of drug-likeness (QED) is 0.943. The van der Waals surface area contributed by atoms with Gasteiger partial charge < -0.3 is 10.1 Å². The molecule has 0 saturated carbocycles. The van der Waals surface area contributed by atoms with E-state index in [1.807, 2.05) is 50.6 Å². The number of anilines is 1. The van der Waals surface area contributed by atoms with Gasteiger partial charge in [0.25, 0.3) is 5.91 Å². The SMILES string of the molecule is COc1ccccc1C(=O)Nc1cc(C)nn1C(C)(C)C. The maximum atomic E-state index is 12.5. The first kappa shape index (κ1) is 15.1. The number of amides is 1. The highest BCUT2D eigenvalue weighted by atomic mass is 16.5. The van der Waals surface area contributed by atoms with E-state index in [4.69, 9.17) is 4.74 Å². The summed E-state index contributed by atoms with van der Waals surface area (Å²) >= 11 is 0. The van der Waals surface area contributed by atoms with Gasteiger partial charge in [0.2, 0.25) is 0 Å². The van der Waals surface area contributed by atoms with Crippen molar-refractivity contribution in [3.63, 3.8) is 0 Å². The molecule has 5 nitrogen and oxygen atoms in total. The largest absolute Gasteiger partial charge is 0.496 e. The lowest BCUT2D eigenvalue weighted by Gasteiger charge is -2.22. The van der Waals surface area contributed by atoms with E-state index in [9.17, 15) is 4.79 Å². The molecule has 0 fully saturated rings. The van der Waals surface area contributed by atoms with E-state index in [2.05, 4.69) is 10.4 Å². The van der Waals surface area contributed by atoms with Crippen LogP contribution in [0.3, 0.4) is 0 Å². The fourth-order valence-corrected chi connectivity index (χ4v) is 2.12. The summed E-state index contributed by atoms with van der Waals surface area (Å²) < 4.78 is 7.04. The standard InChI is InChI=1S/C16H21N3O2/c1-11-10-14(19(18-11)16(2,3)4)17-15(20)12-8-6-7-9-13(12)21-5/h6-10H,1-5H3,(H,17,20). The van der Waals surface area contributed by atoms with Gasteiger partial charge in [-0.3, -0.25) is 4.79 Å². The number of hydrogen-bond donors (Lipinski definition) is 1. The number of nitrogens with one attached hydrogen (secondary N) is 1. The number of methoxy groups -OCH3 is 1. The molecule has 1 aromatic carbocycles. The van der Waals surface area contributed by atoms with E-state index >= 15 is 0 Å². The van der Waals surface area contributed by atoms with Crippen LogP contribution in [0, 0.1) is 6.92 Å². The Morgan fingerprint density at radius 3 is 2.57 bits per heavy atom. The second-order valence-corrected chi connectivity index (χ2v) is 5.91. The number of benzene rings is 1. The zero-order valence-corrected chi connectivity index (χ0v) is 13.1. The Morgan fingerprint density at radius 2 is 1.95 bits per heavy atom. The summed E-state index contributed by atoms with van der Waals surface area (Å²) in [4.78, 5) is 12.5. The summed E-state index contributed by atoms with van der Waals surface area (Å²) in [5.41, 5.74) is 1.15. The predicted octanol–water partition coefficient (Wildman–Crippen LogP) is 3.21. The van der Waals surface area contributed by atoms with Gasteiger partial charge in [-0.15, -0.1) is 0 Å². The number of para-hydroxylation sites is 1. The average Bonchev–Trinajstić information content (AvgIpc) is 2.79. The maximum Gasteiger partial charge on any atom is 0.260 e. The number of ether oxygens (including phenoxy) is 1. The lowest BCUT2D eigenvalue weighted by molar-refractivity contribution is 0.102. The Morgan fingerprint density at radius 1 is 1.29 bits per heavy atom. The molecule has 0 unspecified atom stereocenters. The molecule has 1 amide bonds. The number of carbonyl (C=O) groups excluding carboxylic acids is 1. The first-order valence-corrected chi connectivity index (χ1v) is 6.84. The Kier molecular flexibility index (Phi) is 4.02. The van der Waals surface area contributed by atoms with E-state index < -0.39 is 0 Å². The average molecular weight is 287 g/mol. The lowest BCUT2D eigenvalue weighted by atomic mass is 10.1. The smallest absolute Gasteiger partial charge is 0.260 e. The summed E-state index contributed by atoms with van der Waals surface area (Å²) in [6, 6.07) is 9.00. The third kappa shape index (κ3) is 3.24. The van der Waals surface area contributed by atoms with Crippen LogP contribution in [-0.2, 0) is 5.54 Å². The predicted molar refractivity (Wildman–Crippen MR) is 82.9 cm³/mol. The van der Waals surface area contributed by atoms with Crippen LogP contribution in [0.1, 0.15) is 36.8 Å². The van der Waals surface area contributed by atoms with Crippen molar-refractivity contribution < 1.29 is 9.53 Å². The molecule has 0 aliphatic rings. The van der Waals surface area contributed by atoms with Gasteiger partial charge in [0, 0.05) is 6.07 Å². The van der Waals surface area contributed by atoms with Crippen molar-refractivity contribution in [1.82, 2.24) is 9.78 Å². The van der Waals surface area contributed by atoms with Gasteiger partial charge in [-0.05, 0) is 39.8 Å². The number of rotatable bonds is 3. The van der Waals surface area contributed by atoms with E-state index in [0.717, 1.165) is 5.69 Å². The van der Waals surface area contributed by atoms with Gasteiger partial charge >= 0.3 is 0 Å². The van der Waals surface area contributed by atoms with Gasteiger partial charge in [0.15, 0.2) is 0 Å². The molecule has 112 valence electrons. The number of aromatic nitrogens is 2. The van der Waals surface area contributed by atoms with Crippen molar-refractivity contribution in [3.05, 3.63) is 41.6 Å². The first-order chi connectivity index (χ1) is 9.82. The molecular formula is C16H21N3O2. The van der Waals surface area contributed by atoms with Crippen molar-refractivity contribution in [2.75, 3.05) is 12.4 Å². The minimum absolute atomic E-state index is 0.210. The Hall–Kier alpha value is -2.30. The summed E-state index contributed by atoms with van der Waals surface area (Å²) in [5.74, 6) is 1.02. The Balaban J connectivity index is 2.32. The monoisotopic (exact) mass is 287 g/mol. The van der Waals surface area contributed by atoms with Crippen molar-refractivity contribution in [2.24, 2.45) is 0 Å². The molecule has 0 aliphatic heterocycles. The van der Waals surface area contributed by atoms with Crippen LogP contribution in [0.2, 0.25) is 0 Å². The van der Waals surface area contributed by atoms with E-state index in [1.54, 1.807) is 19.2 Å². The molecule has 0 atom stereocenters. The van der Waals surface area contributed by atoms with Gasteiger partial charge in [0.1, 0.15) is 11.6 Å². The number of hydrogen-bond acceptors (Lipinski definition) is 3. The molecule has 0 aliphatic carbocycles. The lowest BCUT2D eigenvalue weighted by Crippen LogP contribution is -2.26. The Bertz CT molecular complexity index is 654. The highest BCUT2D eigenvalue weighted by Crippen LogP contribution is 2.23. The second kappa shape index (κ2) is 5.60. The van der Waals surface area contributed by atoms with Crippen LogP contribution in [0.4, 0.5) is 5.82 Å². The fourth-order valence-electron chi connectivity index (χ4n) is 2.12. The molecule has 0 saturated heterocycles. The number of carbonyl (C=O) groups is 1. The molecule has 0 spiro atoms. The topological polar surface area (TPSA) is 56.1 Å². The summed E-state index contributed by atoms with van der Waals surface area (Å²) in [6.07, 6.45) is 0. The van der Waals surface area contributed by atoms with Crippen LogP contribution in [0.5, 0.6) is 5.75 Å². The van der Waals surface area contributed by atoms with Crippen LogP contribution < -0.4 is 10.1 Å². The first-order valence-electron chi connectivity index (χ1n) is 6.84. The van der Waals surface area contributed by atoms with Crippen molar-refractivity contribution in [3.8, 4) is 5.75 Å².